The highest BCUT2D eigenvalue weighted by molar-refractivity contribution is 5.90. The number of benzene rings is 1. The average molecular weight is 472 g/mol. The fourth-order valence-electron chi connectivity index (χ4n) is 4.81. The van der Waals surface area contributed by atoms with Gasteiger partial charge in [-0.15, -0.1) is 0 Å². The minimum absolute atomic E-state index is 0.165. The third kappa shape index (κ3) is 4.29. The molecule has 2 aliphatic rings. The molecule has 0 bridgehead atoms. The lowest BCUT2D eigenvalue weighted by molar-refractivity contribution is 0.222. The number of carbonyl (C=O) groups is 1. The van der Waals surface area contributed by atoms with Crippen LogP contribution in [0.1, 0.15) is 25.7 Å². The van der Waals surface area contributed by atoms with Crippen LogP contribution < -0.4 is 10.2 Å². The quantitative estimate of drug-likeness (QED) is 0.435. The molecule has 2 amide bonds. The molecule has 0 unspecified atom stereocenters. The Kier molecular flexibility index (Phi) is 5.52. The van der Waals surface area contributed by atoms with E-state index < -0.39 is 5.82 Å². The molecule has 35 heavy (non-hydrogen) atoms. The number of halogens is 1. The summed E-state index contributed by atoms with van der Waals surface area (Å²) in [5.74, 6) is 0.914. The molecule has 178 valence electrons. The number of H-pyrrole nitrogens is 1. The van der Waals surface area contributed by atoms with Gasteiger partial charge in [0.2, 0.25) is 0 Å². The number of carbonyl (C=O) groups excluding carboxylic acids is 1. The summed E-state index contributed by atoms with van der Waals surface area (Å²) in [5.41, 5.74) is 3.96. The maximum Gasteiger partial charge on any atom is 0.321 e. The molecule has 9 heteroatoms. The molecule has 3 aromatic heterocycles. The molecule has 2 saturated heterocycles. The summed E-state index contributed by atoms with van der Waals surface area (Å²) in [6.45, 7) is 3.54. The first kappa shape index (κ1) is 21.5. The average Bonchev–Trinajstić information content (AvgIpc) is 3.66. The molecule has 5 heterocycles. The number of imidazole rings is 1. The van der Waals surface area contributed by atoms with Gasteiger partial charge >= 0.3 is 6.03 Å². The minimum atomic E-state index is -0.423. The maximum absolute atomic E-state index is 14.7. The van der Waals surface area contributed by atoms with Crippen molar-refractivity contribution in [1.82, 2.24) is 24.8 Å². The predicted molar refractivity (Wildman–Crippen MR) is 134 cm³/mol. The maximum atomic E-state index is 14.7. The molecule has 4 aromatic rings. The van der Waals surface area contributed by atoms with E-state index >= 15 is 0 Å². The third-order valence-corrected chi connectivity index (χ3v) is 6.71. The monoisotopic (exact) mass is 471 g/mol. The van der Waals surface area contributed by atoms with Crippen LogP contribution in [0.2, 0.25) is 0 Å². The third-order valence-electron chi connectivity index (χ3n) is 6.71. The van der Waals surface area contributed by atoms with Gasteiger partial charge in [-0.25, -0.2) is 24.1 Å². The number of rotatable bonds is 4. The molecule has 0 saturated carbocycles. The van der Waals surface area contributed by atoms with Crippen molar-refractivity contribution in [3.63, 3.8) is 0 Å². The summed E-state index contributed by atoms with van der Waals surface area (Å²) in [6.07, 6.45) is 8.01. The van der Waals surface area contributed by atoms with Crippen LogP contribution in [0.25, 0.3) is 33.7 Å². The topological polar surface area (TPSA) is 90.0 Å². The van der Waals surface area contributed by atoms with E-state index in [1.807, 2.05) is 18.3 Å². The van der Waals surface area contributed by atoms with E-state index in [2.05, 4.69) is 36.2 Å². The van der Waals surface area contributed by atoms with Gasteiger partial charge in [-0.05, 0) is 67.6 Å². The fraction of sp³-hybridized carbons (Fsp3) is 0.308. The first-order valence-corrected chi connectivity index (χ1v) is 12.1. The lowest BCUT2D eigenvalue weighted by Gasteiger charge is -2.16. The Balaban J connectivity index is 1.28. The van der Waals surface area contributed by atoms with Crippen LogP contribution in [0.5, 0.6) is 0 Å². The second-order valence-electron chi connectivity index (χ2n) is 9.09. The van der Waals surface area contributed by atoms with E-state index in [1.165, 1.54) is 18.9 Å². The zero-order valence-corrected chi connectivity index (χ0v) is 19.3. The van der Waals surface area contributed by atoms with Crippen molar-refractivity contribution in [2.45, 2.75) is 25.7 Å². The summed E-state index contributed by atoms with van der Waals surface area (Å²) < 4.78 is 14.7. The molecule has 0 spiro atoms. The first-order valence-electron chi connectivity index (χ1n) is 12.1. The summed E-state index contributed by atoms with van der Waals surface area (Å²) in [6, 6.07) is 10.3. The summed E-state index contributed by atoms with van der Waals surface area (Å²) in [7, 11) is 0. The van der Waals surface area contributed by atoms with Crippen molar-refractivity contribution in [2.24, 2.45) is 0 Å². The molecule has 1 aromatic carbocycles. The molecule has 2 fully saturated rings. The largest absolute Gasteiger partial charge is 0.357 e. The number of amides is 2. The first-order chi connectivity index (χ1) is 17.1. The number of nitrogens with zero attached hydrogens (tertiary/aromatic N) is 5. The Morgan fingerprint density at radius 2 is 1.74 bits per heavy atom. The Hall–Kier alpha value is -4.01. The number of aromatic amines is 1. The Morgan fingerprint density at radius 1 is 0.943 bits per heavy atom. The van der Waals surface area contributed by atoms with Crippen LogP contribution in [0.4, 0.5) is 20.7 Å². The van der Waals surface area contributed by atoms with Gasteiger partial charge in [0.1, 0.15) is 23.0 Å². The van der Waals surface area contributed by atoms with Crippen LogP contribution >= 0.6 is 0 Å². The Morgan fingerprint density at radius 3 is 2.57 bits per heavy atom. The van der Waals surface area contributed by atoms with Gasteiger partial charge in [0.15, 0.2) is 5.65 Å². The normalized spacial score (nSPS) is 15.8. The summed E-state index contributed by atoms with van der Waals surface area (Å²) in [4.78, 5) is 33.3. The van der Waals surface area contributed by atoms with Gasteiger partial charge in [0.05, 0.1) is 5.56 Å². The van der Waals surface area contributed by atoms with Crippen molar-refractivity contribution >= 4 is 28.7 Å². The van der Waals surface area contributed by atoms with Crippen LogP contribution in [-0.2, 0) is 0 Å². The molecular weight excluding hydrogens is 445 g/mol. The number of aromatic nitrogens is 4. The van der Waals surface area contributed by atoms with E-state index in [1.54, 1.807) is 23.2 Å². The van der Waals surface area contributed by atoms with E-state index in [0.29, 0.717) is 22.7 Å². The van der Waals surface area contributed by atoms with E-state index in [9.17, 15) is 9.18 Å². The number of hydrogen-bond donors (Lipinski definition) is 2. The Bertz CT molecular complexity index is 1390. The van der Waals surface area contributed by atoms with Gasteiger partial charge in [-0.3, -0.25) is 0 Å². The lowest BCUT2D eigenvalue weighted by Crippen LogP contribution is -2.32. The summed E-state index contributed by atoms with van der Waals surface area (Å²) >= 11 is 0. The van der Waals surface area contributed by atoms with Crippen LogP contribution in [0.3, 0.4) is 0 Å². The van der Waals surface area contributed by atoms with E-state index in [0.717, 1.165) is 56.0 Å². The van der Waals surface area contributed by atoms with Crippen LogP contribution in [0.15, 0.2) is 48.8 Å². The van der Waals surface area contributed by atoms with Gasteiger partial charge in [0, 0.05) is 49.8 Å². The molecule has 8 nitrogen and oxygen atoms in total. The standard InChI is InChI=1S/C26H26FN7O/c27-21-6-5-19(30-26(35)34-11-3-4-12-34)15-20(21)24-31-22-13-18(16-29-25(22)32-24)17-7-8-28-23(14-17)33-9-1-2-10-33/h5-8,13-16H,1-4,9-12H2,(H,30,35)(H,29,31,32). The van der Waals surface area contributed by atoms with Crippen LogP contribution in [-0.4, -0.2) is 57.0 Å². The van der Waals surface area contributed by atoms with Crippen molar-refractivity contribution in [3.05, 3.63) is 54.6 Å². The highest BCUT2D eigenvalue weighted by atomic mass is 19.1. The predicted octanol–water partition coefficient (Wildman–Crippen LogP) is 5.05. The lowest BCUT2D eigenvalue weighted by atomic mass is 10.1. The fourth-order valence-corrected chi connectivity index (χ4v) is 4.81. The molecule has 0 radical (unpaired) electrons. The van der Waals surface area contributed by atoms with E-state index in [-0.39, 0.29) is 11.6 Å². The summed E-state index contributed by atoms with van der Waals surface area (Å²) in [5, 5.41) is 2.87. The van der Waals surface area contributed by atoms with Crippen molar-refractivity contribution in [2.75, 3.05) is 36.4 Å². The highest BCUT2D eigenvalue weighted by Gasteiger charge is 2.19. The SMILES string of the molecule is O=C(Nc1ccc(F)c(-c2nc3cc(-c4ccnc(N5CCCC5)c4)cnc3[nH]2)c1)N1CCCC1. The second kappa shape index (κ2) is 8.98. The zero-order valence-electron chi connectivity index (χ0n) is 19.3. The molecule has 2 N–H and O–H groups in total. The van der Waals surface area contributed by atoms with Crippen molar-refractivity contribution < 1.29 is 9.18 Å². The van der Waals surface area contributed by atoms with E-state index in [4.69, 9.17) is 0 Å². The number of likely N-dealkylation sites (tertiary alicyclic amines) is 1. The molecule has 0 atom stereocenters. The number of fused-ring (bicyclic) bond motifs is 1. The molecular formula is C26H26FN7O. The van der Waals surface area contributed by atoms with Gasteiger partial charge < -0.3 is 20.1 Å². The number of anilines is 2. The Labute approximate surface area is 202 Å². The van der Waals surface area contributed by atoms with Gasteiger partial charge in [-0.1, -0.05) is 0 Å². The second-order valence-corrected chi connectivity index (χ2v) is 9.09. The molecule has 2 aliphatic heterocycles. The van der Waals surface area contributed by atoms with Crippen LogP contribution in [0, 0.1) is 5.82 Å². The minimum Gasteiger partial charge on any atom is -0.357 e. The number of pyridine rings is 2. The van der Waals surface area contributed by atoms with Gasteiger partial charge in [0.25, 0.3) is 0 Å². The molecule has 6 rings (SSSR count). The number of urea groups is 1. The highest BCUT2D eigenvalue weighted by Crippen LogP contribution is 2.29. The molecule has 0 aliphatic carbocycles. The van der Waals surface area contributed by atoms with Crippen molar-refractivity contribution in [1.29, 1.82) is 0 Å². The van der Waals surface area contributed by atoms with Crippen molar-refractivity contribution in [3.8, 4) is 22.5 Å². The van der Waals surface area contributed by atoms with Gasteiger partial charge in [-0.2, -0.15) is 0 Å². The number of nitrogens with one attached hydrogen (secondary N) is 2. The number of hydrogen-bond acceptors (Lipinski definition) is 5. The zero-order chi connectivity index (χ0) is 23.8. The smallest absolute Gasteiger partial charge is 0.321 e.